The number of benzene rings is 1. The molecule has 1 spiro atoms. The predicted molar refractivity (Wildman–Crippen MR) is 159 cm³/mol. The molecule has 1 aliphatic heterocycles. The Labute approximate surface area is 259 Å². The van der Waals surface area contributed by atoms with Gasteiger partial charge in [-0.2, -0.15) is 0 Å². The molecule has 6 aliphatic carbocycles. The zero-order chi connectivity index (χ0) is 30.8. The van der Waals surface area contributed by atoms with Crippen molar-refractivity contribution in [3.8, 4) is 0 Å². The van der Waals surface area contributed by atoms with Crippen LogP contribution in [-0.2, 0) is 25.4 Å². The van der Waals surface area contributed by atoms with Gasteiger partial charge in [-0.3, -0.25) is 9.69 Å². The Morgan fingerprint density at radius 2 is 1.82 bits per heavy atom. The van der Waals surface area contributed by atoms with E-state index in [1.807, 2.05) is 18.2 Å². The van der Waals surface area contributed by atoms with Crippen LogP contribution in [0.1, 0.15) is 67.8 Å². The Balaban J connectivity index is 1.24. The number of ketones is 1. The minimum absolute atomic E-state index is 0.0194. The molecule has 1 aromatic carbocycles. The van der Waals surface area contributed by atoms with E-state index in [9.17, 15) is 24.9 Å². The molecule has 3 N–H and O–H groups in total. The predicted octanol–water partition coefficient (Wildman–Crippen LogP) is 2.38. The third-order valence-corrected chi connectivity index (χ3v) is 14.0. The number of hydrogen-bond acceptors (Lipinski definition) is 9. The molecule has 240 valence electrons. The van der Waals surface area contributed by atoms with Gasteiger partial charge in [0.25, 0.3) is 0 Å². The number of rotatable bonds is 9. The van der Waals surface area contributed by atoms with Gasteiger partial charge in [-0.1, -0.05) is 25.1 Å². The number of aliphatic hydroxyl groups excluding tert-OH is 1. The zero-order valence-corrected chi connectivity index (χ0v) is 26.1. The number of piperidine rings is 1. The number of likely N-dealkylation sites (tertiary alicyclic amines) is 1. The first-order valence-corrected chi connectivity index (χ1v) is 16.8. The summed E-state index contributed by atoms with van der Waals surface area (Å²) in [5.41, 5.74) is -3.20. The molecule has 0 radical (unpaired) electrons. The van der Waals surface area contributed by atoms with Crippen LogP contribution in [-0.4, -0.2) is 101 Å². The van der Waals surface area contributed by atoms with Crippen molar-refractivity contribution < 1.29 is 39.1 Å². The van der Waals surface area contributed by atoms with Crippen molar-refractivity contribution in [1.82, 2.24) is 4.90 Å². The van der Waals surface area contributed by atoms with Crippen molar-refractivity contribution >= 4 is 11.8 Å². The number of carbonyl (C=O) groups is 2. The summed E-state index contributed by atoms with van der Waals surface area (Å²) >= 11 is 0. The summed E-state index contributed by atoms with van der Waals surface area (Å²) in [4.78, 5) is 29.4. The van der Waals surface area contributed by atoms with Crippen molar-refractivity contribution in [2.75, 3.05) is 33.9 Å². The standard InChI is InChI=1S/C35H47NO8/c1-4-36-18-32(44-31(39)22-8-6-5-7-20(22)13-25(38)19-9-10-19)12-11-21(17-37)34-27(32)15-24(29(34)36)33(40)16-26(42-2)23-14-28(34)35(33,41)30(23)43-3/h5-8,19,21,23-24,26-30,37,40-41H,4,9-18H2,1-3H3/t21-,23-,24+,26+,27?,28?,29?,30+,32-,33+,34+,35+/m1/s1. The highest BCUT2D eigenvalue weighted by molar-refractivity contribution is 5.94. The Hall–Kier alpha value is -1.88. The molecular weight excluding hydrogens is 562 g/mol. The van der Waals surface area contributed by atoms with E-state index in [2.05, 4.69) is 11.8 Å². The number of esters is 1. The van der Waals surface area contributed by atoms with Crippen LogP contribution in [0.2, 0.25) is 0 Å². The maximum Gasteiger partial charge on any atom is 0.339 e. The number of carbonyl (C=O) groups excluding carboxylic acids is 2. The molecule has 9 heteroatoms. The van der Waals surface area contributed by atoms with E-state index in [4.69, 9.17) is 14.2 Å². The summed E-state index contributed by atoms with van der Waals surface area (Å²) in [7, 11) is 3.30. The first-order chi connectivity index (χ1) is 21.1. The van der Waals surface area contributed by atoms with E-state index >= 15 is 0 Å². The number of hydrogen-bond donors (Lipinski definition) is 3. The Bertz CT molecular complexity index is 1370. The van der Waals surface area contributed by atoms with Crippen LogP contribution in [0.3, 0.4) is 0 Å². The molecule has 8 rings (SSSR count). The van der Waals surface area contributed by atoms with Gasteiger partial charge in [-0.05, 0) is 62.6 Å². The quantitative estimate of drug-likeness (QED) is 0.362. The van der Waals surface area contributed by atoms with Gasteiger partial charge in [0.15, 0.2) is 0 Å². The summed E-state index contributed by atoms with van der Waals surface area (Å²) in [5.74, 6) is -1.09. The van der Waals surface area contributed by atoms with Gasteiger partial charge in [0.2, 0.25) is 0 Å². The lowest BCUT2D eigenvalue weighted by atomic mass is 9.42. The Kier molecular flexibility index (Phi) is 6.58. The average molecular weight is 610 g/mol. The molecule has 1 aromatic rings. The minimum Gasteiger partial charge on any atom is -0.454 e. The number of Topliss-reactive ketones (excluding diaryl/α,β-unsaturated/α-hetero) is 1. The molecule has 1 heterocycles. The van der Waals surface area contributed by atoms with Crippen molar-refractivity contribution in [1.29, 1.82) is 0 Å². The smallest absolute Gasteiger partial charge is 0.339 e. The molecule has 7 fully saturated rings. The number of nitrogens with zero attached hydrogens (tertiary/aromatic N) is 1. The summed E-state index contributed by atoms with van der Waals surface area (Å²) in [5, 5.41) is 36.8. The monoisotopic (exact) mass is 609 g/mol. The maximum absolute atomic E-state index is 14.2. The largest absolute Gasteiger partial charge is 0.454 e. The first kappa shape index (κ1) is 29.5. The van der Waals surface area contributed by atoms with Crippen LogP contribution in [0.5, 0.6) is 0 Å². The van der Waals surface area contributed by atoms with Crippen LogP contribution >= 0.6 is 0 Å². The molecule has 9 nitrogen and oxygen atoms in total. The molecule has 3 unspecified atom stereocenters. The van der Waals surface area contributed by atoms with Gasteiger partial charge in [0.1, 0.15) is 22.6 Å². The van der Waals surface area contributed by atoms with E-state index in [1.54, 1.807) is 20.3 Å². The van der Waals surface area contributed by atoms with Gasteiger partial charge in [-0.15, -0.1) is 0 Å². The maximum atomic E-state index is 14.2. The van der Waals surface area contributed by atoms with E-state index in [-0.39, 0.29) is 66.5 Å². The topological polar surface area (TPSA) is 126 Å². The fraction of sp³-hybridized carbons (Fsp3) is 0.771. The molecule has 1 saturated heterocycles. The van der Waals surface area contributed by atoms with Crippen molar-refractivity contribution in [2.24, 2.45) is 40.9 Å². The molecule has 6 saturated carbocycles. The lowest BCUT2D eigenvalue weighted by Crippen LogP contribution is -2.82. The van der Waals surface area contributed by atoms with Gasteiger partial charge in [-0.25, -0.2) is 4.79 Å². The lowest BCUT2D eigenvalue weighted by Gasteiger charge is -2.71. The van der Waals surface area contributed by atoms with Gasteiger partial charge >= 0.3 is 5.97 Å². The highest BCUT2D eigenvalue weighted by Crippen LogP contribution is 2.80. The highest BCUT2D eigenvalue weighted by Gasteiger charge is 2.88. The van der Waals surface area contributed by atoms with Gasteiger partial charge in [0, 0.05) is 81.3 Å². The summed E-state index contributed by atoms with van der Waals surface area (Å²) in [6, 6.07) is 7.26. The summed E-state index contributed by atoms with van der Waals surface area (Å²) in [6.45, 7) is 3.34. The highest BCUT2D eigenvalue weighted by atomic mass is 16.6. The van der Waals surface area contributed by atoms with Crippen LogP contribution in [0, 0.1) is 40.9 Å². The van der Waals surface area contributed by atoms with Crippen molar-refractivity contribution in [3.05, 3.63) is 35.4 Å². The number of ether oxygens (including phenoxy) is 3. The summed E-state index contributed by atoms with van der Waals surface area (Å²) < 4.78 is 18.8. The Morgan fingerprint density at radius 1 is 1.05 bits per heavy atom. The van der Waals surface area contributed by atoms with Crippen LogP contribution in [0.15, 0.2) is 24.3 Å². The SMILES string of the molecule is CCN1C[C@]2(OC(=O)c3ccccc3CC(=O)C3CC3)CC[C@H](CO)[C@]34C1[C@H](CC23)[C@@]1(O)C[C@H](OC)[C@H]2CC4[C@]1(O)[C@H]2OC. The third kappa shape index (κ3) is 3.41. The van der Waals surface area contributed by atoms with Gasteiger partial charge in [0.05, 0.1) is 17.8 Å². The molecule has 44 heavy (non-hydrogen) atoms. The second kappa shape index (κ2) is 9.81. The fourth-order valence-electron chi connectivity index (χ4n) is 12.4. The van der Waals surface area contributed by atoms with E-state index in [1.165, 1.54) is 0 Å². The van der Waals surface area contributed by atoms with Gasteiger partial charge < -0.3 is 29.5 Å². The van der Waals surface area contributed by atoms with Crippen molar-refractivity contribution in [3.63, 3.8) is 0 Å². The Morgan fingerprint density at radius 3 is 2.50 bits per heavy atom. The first-order valence-electron chi connectivity index (χ1n) is 16.8. The number of aliphatic hydroxyl groups is 3. The third-order valence-electron chi connectivity index (χ3n) is 14.0. The molecular formula is C35H47NO8. The minimum atomic E-state index is -1.50. The number of likely N-dealkylation sites (N-methyl/N-ethyl adjacent to an activating group) is 1. The molecule has 7 aliphatic rings. The van der Waals surface area contributed by atoms with E-state index < -0.39 is 34.3 Å². The fourth-order valence-corrected chi connectivity index (χ4v) is 12.4. The molecule has 0 aromatic heterocycles. The van der Waals surface area contributed by atoms with Crippen LogP contribution in [0.25, 0.3) is 0 Å². The molecule has 0 amide bonds. The van der Waals surface area contributed by atoms with Crippen LogP contribution in [0.4, 0.5) is 0 Å². The normalized spacial score (nSPS) is 48.3. The second-order valence-corrected chi connectivity index (χ2v) is 15.2. The lowest BCUT2D eigenvalue weighted by molar-refractivity contribution is -0.333. The second-order valence-electron chi connectivity index (χ2n) is 15.2. The summed E-state index contributed by atoms with van der Waals surface area (Å²) in [6.07, 6.45) is 4.09. The van der Waals surface area contributed by atoms with Crippen molar-refractivity contribution in [2.45, 2.75) is 93.3 Å². The van der Waals surface area contributed by atoms with E-state index in [0.29, 0.717) is 56.3 Å². The average Bonchev–Trinajstić information content (AvgIpc) is 3.78. The molecule has 12 atom stereocenters. The zero-order valence-electron chi connectivity index (χ0n) is 26.1. The van der Waals surface area contributed by atoms with Crippen LogP contribution < -0.4 is 0 Å². The number of methoxy groups -OCH3 is 2. The van der Waals surface area contributed by atoms with E-state index in [0.717, 1.165) is 12.8 Å². The number of fused-ring (bicyclic) bond motifs is 2. The molecule has 7 bridgehead atoms.